The van der Waals surface area contributed by atoms with Gasteiger partial charge in [0.05, 0.1) is 23.8 Å². The van der Waals surface area contributed by atoms with Crippen molar-refractivity contribution in [3.8, 4) is 0 Å². The molecule has 202 valence electrons. The SMILES string of the molecule is CC1(C)CC(c2cc(C(F)(F)F)c(=O)[nH]n2)N(CC(=O)N2CCN(c3ncc(C(F)(F)F)cn3)CC2)C1. The van der Waals surface area contributed by atoms with Gasteiger partial charge in [-0.2, -0.15) is 31.4 Å². The van der Waals surface area contributed by atoms with Crippen LogP contribution in [0.3, 0.4) is 0 Å². The number of aromatic nitrogens is 4. The number of aromatic amines is 1. The minimum absolute atomic E-state index is 0.0366. The fourth-order valence-electron chi connectivity index (χ4n) is 4.70. The number of amides is 1. The molecular formula is C22H25F6N7O2. The number of halogens is 6. The van der Waals surface area contributed by atoms with Gasteiger partial charge in [-0.1, -0.05) is 13.8 Å². The topological polar surface area (TPSA) is 98.3 Å². The maximum Gasteiger partial charge on any atom is 0.421 e. The third-order valence-electron chi connectivity index (χ3n) is 6.51. The number of rotatable bonds is 4. The number of anilines is 1. The van der Waals surface area contributed by atoms with Crippen molar-refractivity contribution in [2.45, 2.75) is 38.7 Å². The van der Waals surface area contributed by atoms with Gasteiger partial charge in [0.1, 0.15) is 5.56 Å². The molecule has 0 spiro atoms. The Hall–Kier alpha value is -3.23. The molecule has 4 rings (SSSR count). The van der Waals surface area contributed by atoms with Crippen LogP contribution in [0.25, 0.3) is 0 Å². The van der Waals surface area contributed by atoms with Gasteiger partial charge in [-0.05, 0) is 17.9 Å². The molecule has 2 aromatic heterocycles. The smallest absolute Gasteiger partial charge is 0.338 e. The van der Waals surface area contributed by atoms with Crippen molar-refractivity contribution < 1.29 is 31.1 Å². The van der Waals surface area contributed by atoms with Crippen LogP contribution in [-0.2, 0) is 17.1 Å². The Labute approximate surface area is 207 Å². The maximum atomic E-state index is 13.3. The van der Waals surface area contributed by atoms with Gasteiger partial charge < -0.3 is 9.80 Å². The lowest BCUT2D eigenvalue weighted by Gasteiger charge is -2.36. The summed E-state index contributed by atoms with van der Waals surface area (Å²) in [6, 6.07) is 0.143. The van der Waals surface area contributed by atoms with Crippen molar-refractivity contribution >= 4 is 11.9 Å². The minimum atomic E-state index is -4.84. The van der Waals surface area contributed by atoms with Gasteiger partial charge >= 0.3 is 12.4 Å². The van der Waals surface area contributed by atoms with E-state index in [2.05, 4.69) is 15.1 Å². The van der Waals surface area contributed by atoms with Gasteiger partial charge in [-0.3, -0.25) is 14.5 Å². The number of nitrogens with zero attached hydrogens (tertiary/aromatic N) is 6. The highest BCUT2D eigenvalue weighted by Crippen LogP contribution is 2.42. The summed E-state index contributed by atoms with van der Waals surface area (Å²) in [7, 11) is 0. The summed E-state index contributed by atoms with van der Waals surface area (Å²) in [6.07, 6.45) is -7.51. The number of piperazine rings is 1. The Kier molecular flexibility index (Phi) is 6.94. The lowest BCUT2D eigenvalue weighted by atomic mass is 9.90. The minimum Gasteiger partial charge on any atom is -0.338 e. The monoisotopic (exact) mass is 533 g/mol. The molecule has 0 radical (unpaired) electrons. The van der Waals surface area contributed by atoms with E-state index in [0.717, 1.165) is 6.07 Å². The lowest BCUT2D eigenvalue weighted by molar-refractivity contribution is -0.139. The first-order valence-corrected chi connectivity index (χ1v) is 11.5. The van der Waals surface area contributed by atoms with E-state index >= 15 is 0 Å². The number of H-pyrrole nitrogens is 1. The number of carbonyl (C=O) groups is 1. The number of hydrogen-bond donors (Lipinski definition) is 1. The molecule has 0 saturated carbocycles. The van der Waals surface area contributed by atoms with Gasteiger partial charge in [-0.15, -0.1) is 0 Å². The predicted molar refractivity (Wildman–Crippen MR) is 118 cm³/mol. The molecule has 0 aromatic carbocycles. The van der Waals surface area contributed by atoms with E-state index in [1.807, 2.05) is 18.9 Å². The second kappa shape index (κ2) is 9.58. The molecule has 0 aliphatic carbocycles. The predicted octanol–water partition coefficient (Wildman–Crippen LogP) is 2.72. The van der Waals surface area contributed by atoms with Crippen LogP contribution in [0.2, 0.25) is 0 Å². The average molecular weight is 533 g/mol. The fourth-order valence-corrected chi connectivity index (χ4v) is 4.70. The Morgan fingerprint density at radius 1 is 1.05 bits per heavy atom. The molecule has 15 heteroatoms. The van der Waals surface area contributed by atoms with E-state index in [9.17, 15) is 35.9 Å². The number of alkyl halides is 6. The largest absolute Gasteiger partial charge is 0.421 e. The molecule has 4 heterocycles. The third kappa shape index (κ3) is 6.02. The quantitative estimate of drug-likeness (QED) is 0.604. The molecule has 2 aliphatic heterocycles. The molecule has 1 N–H and O–H groups in total. The van der Waals surface area contributed by atoms with Crippen LogP contribution >= 0.6 is 0 Å². The molecule has 9 nitrogen and oxygen atoms in total. The van der Waals surface area contributed by atoms with E-state index in [0.29, 0.717) is 38.4 Å². The summed E-state index contributed by atoms with van der Waals surface area (Å²) >= 11 is 0. The summed E-state index contributed by atoms with van der Waals surface area (Å²) in [5, 5.41) is 5.76. The van der Waals surface area contributed by atoms with Crippen molar-refractivity contribution in [1.29, 1.82) is 0 Å². The highest BCUT2D eigenvalue weighted by molar-refractivity contribution is 5.78. The van der Waals surface area contributed by atoms with E-state index in [-0.39, 0.29) is 42.6 Å². The van der Waals surface area contributed by atoms with Crippen LogP contribution < -0.4 is 10.5 Å². The summed E-state index contributed by atoms with van der Waals surface area (Å²) in [6.45, 7) is 5.41. The van der Waals surface area contributed by atoms with Crippen molar-refractivity contribution in [3.63, 3.8) is 0 Å². The van der Waals surface area contributed by atoms with Gasteiger partial charge in [0.25, 0.3) is 5.56 Å². The summed E-state index contributed by atoms with van der Waals surface area (Å²) in [5.74, 6) is -0.109. The summed E-state index contributed by atoms with van der Waals surface area (Å²) in [5.41, 5.74) is -3.89. The van der Waals surface area contributed by atoms with Gasteiger partial charge in [-0.25, -0.2) is 15.1 Å². The number of carbonyl (C=O) groups excluding carboxylic acids is 1. The number of likely N-dealkylation sites (tertiary alicyclic amines) is 1. The van der Waals surface area contributed by atoms with Crippen molar-refractivity contribution in [2.75, 3.05) is 44.2 Å². The van der Waals surface area contributed by atoms with E-state index in [4.69, 9.17) is 0 Å². The molecule has 2 aromatic rings. The van der Waals surface area contributed by atoms with Crippen LogP contribution in [0.4, 0.5) is 32.3 Å². The Balaban J connectivity index is 1.41. The Morgan fingerprint density at radius 3 is 2.24 bits per heavy atom. The van der Waals surface area contributed by atoms with Crippen LogP contribution in [0.5, 0.6) is 0 Å². The highest BCUT2D eigenvalue weighted by atomic mass is 19.4. The third-order valence-corrected chi connectivity index (χ3v) is 6.51. The van der Waals surface area contributed by atoms with Crippen LogP contribution in [-0.4, -0.2) is 75.1 Å². The van der Waals surface area contributed by atoms with Crippen LogP contribution in [0.15, 0.2) is 23.3 Å². The molecule has 1 atom stereocenters. The normalized spacial score (nSPS) is 20.9. The zero-order chi connectivity index (χ0) is 27.2. The van der Waals surface area contributed by atoms with E-state index in [1.165, 1.54) is 0 Å². The van der Waals surface area contributed by atoms with Gasteiger partial charge in [0, 0.05) is 45.1 Å². The number of hydrogen-bond acceptors (Lipinski definition) is 7. The van der Waals surface area contributed by atoms with Gasteiger partial charge in [0.15, 0.2) is 0 Å². The van der Waals surface area contributed by atoms with Crippen LogP contribution in [0, 0.1) is 5.41 Å². The maximum absolute atomic E-state index is 13.3. The van der Waals surface area contributed by atoms with Gasteiger partial charge in [0.2, 0.25) is 11.9 Å². The molecular weight excluding hydrogens is 508 g/mol. The molecule has 37 heavy (non-hydrogen) atoms. The Bertz CT molecular complexity index is 1190. The average Bonchev–Trinajstić information content (AvgIpc) is 3.12. The molecule has 1 unspecified atom stereocenters. The highest BCUT2D eigenvalue weighted by Gasteiger charge is 2.42. The first-order chi connectivity index (χ1) is 17.1. The van der Waals surface area contributed by atoms with E-state index in [1.54, 1.807) is 14.7 Å². The van der Waals surface area contributed by atoms with Crippen molar-refractivity contribution in [2.24, 2.45) is 5.41 Å². The van der Waals surface area contributed by atoms with Crippen molar-refractivity contribution in [1.82, 2.24) is 30.0 Å². The standard InChI is InChI=1S/C22H25F6N7O2/c1-20(2)8-16(15-7-14(22(26,27)28)18(37)32-31-15)35(12-20)11-17(36)33-3-5-34(6-4-33)19-29-9-13(10-30-19)21(23,24)25/h7,9-10,16H,3-6,8,11-12H2,1-2H3,(H,32,37). The zero-order valence-corrected chi connectivity index (χ0v) is 20.0. The summed E-state index contributed by atoms with van der Waals surface area (Å²) < 4.78 is 78.0. The van der Waals surface area contributed by atoms with Crippen molar-refractivity contribution in [3.05, 3.63) is 45.6 Å². The molecule has 1 amide bonds. The second-order valence-electron chi connectivity index (χ2n) is 9.96. The Morgan fingerprint density at radius 2 is 1.68 bits per heavy atom. The molecule has 0 bridgehead atoms. The molecule has 2 aliphatic rings. The molecule has 2 fully saturated rings. The lowest BCUT2D eigenvalue weighted by Crippen LogP contribution is -2.51. The molecule has 2 saturated heterocycles. The number of nitrogens with one attached hydrogen (secondary N) is 1. The first kappa shape index (κ1) is 26.8. The van der Waals surface area contributed by atoms with Crippen LogP contribution in [0.1, 0.15) is 43.1 Å². The summed E-state index contributed by atoms with van der Waals surface area (Å²) in [4.78, 5) is 37.3. The zero-order valence-electron chi connectivity index (χ0n) is 20.0. The second-order valence-corrected chi connectivity index (χ2v) is 9.96. The fraction of sp³-hybridized carbons (Fsp3) is 0.591. The first-order valence-electron chi connectivity index (χ1n) is 11.5. The van der Waals surface area contributed by atoms with E-state index < -0.39 is 35.1 Å².